The fourth-order valence-corrected chi connectivity index (χ4v) is 2.40. The van der Waals surface area contributed by atoms with E-state index in [4.69, 9.17) is 5.11 Å². The number of aromatic nitrogens is 2. The minimum Gasteiger partial charge on any atom is -0.478 e. The van der Waals surface area contributed by atoms with Crippen LogP contribution in [0, 0.1) is 17.0 Å². The maximum atomic E-state index is 11.0. The lowest BCUT2D eigenvalue weighted by Crippen LogP contribution is -2.01. The Labute approximate surface area is 117 Å². The van der Waals surface area contributed by atoms with Gasteiger partial charge in [0.15, 0.2) is 5.16 Å². The third-order valence-corrected chi connectivity index (χ3v) is 3.56. The van der Waals surface area contributed by atoms with Gasteiger partial charge in [-0.15, -0.1) is 0 Å². The zero-order valence-electron chi connectivity index (χ0n) is 10.3. The van der Waals surface area contributed by atoms with Crippen LogP contribution in [0.25, 0.3) is 0 Å². The van der Waals surface area contributed by atoms with Crippen LogP contribution in [0.3, 0.4) is 0 Å². The highest BCUT2D eigenvalue weighted by Gasteiger charge is 2.20. The average Bonchev–Trinajstić information content (AvgIpc) is 2.41. The molecule has 1 aromatic carbocycles. The molecule has 0 saturated carbocycles. The van der Waals surface area contributed by atoms with Crippen LogP contribution in [0.5, 0.6) is 0 Å². The highest BCUT2D eigenvalue weighted by molar-refractivity contribution is 7.99. The molecule has 1 N–H and O–H groups in total. The van der Waals surface area contributed by atoms with Crippen molar-refractivity contribution in [3.8, 4) is 0 Å². The van der Waals surface area contributed by atoms with Crippen molar-refractivity contribution in [2.75, 3.05) is 0 Å². The summed E-state index contributed by atoms with van der Waals surface area (Å²) in [5.41, 5.74) is 0.0153. The van der Waals surface area contributed by atoms with E-state index in [-0.39, 0.29) is 11.3 Å². The van der Waals surface area contributed by atoms with Crippen molar-refractivity contribution in [3.05, 3.63) is 51.8 Å². The number of benzene rings is 1. The second-order valence-electron chi connectivity index (χ2n) is 3.81. The lowest BCUT2D eigenvalue weighted by molar-refractivity contribution is -0.385. The van der Waals surface area contributed by atoms with Crippen LogP contribution in [0.4, 0.5) is 5.69 Å². The van der Waals surface area contributed by atoms with Crippen molar-refractivity contribution < 1.29 is 14.8 Å². The summed E-state index contributed by atoms with van der Waals surface area (Å²) in [4.78, 5) is 29.8. The van der Waals surface area contributed by atoms with Gasteiger partial charge < -0.3 is 5.11 Å². The van der Waals surface area contributed by atoms with Crippen LogP contribution in [0.15, 0.2) is 40.6 Å². The summed E-state index contributed by atoms with van der Waals surface area (Å²) < 4.78 is 0. The van der Waals surface area contributed by atoms with Crippen LogP contribution in [-0.2, 0) is 0 Å². The first-order chi connectivity index (χ1) is 9.49. The minimum atomic E-state index is -1.22. The standard InChI is InChI=1S/C12H9N3O4S/c1-7-9(15(18)19)5-8(11(16)17)6-10(7)20-12-13-3-2-4-14-12/h2-6H,1H3,(H,16,17). The number of nitro benzene ring substituents is 1. The number of hydrogen-bond acceptors (Lipinski definition) is 6. The summed E-state index contributed by atoms with van der Waals surface area (Å²) in [7, 11) is 0. The first-order valence-electron chi connectivity index (χ1n) is 5.46. The summed E-state index contributed by atoms with van der Waals surface area (Å²) in [5.74, 6) is -1.22. The van der Waals surface area contributed by atoms with Crippen molar-refractivity contribution >= 4 is 23.4 Å². The molecule has 0 atom stereocenters. The lowest BCUT2D eigenvalue weighted by Gasteiger charge is -2.06. The molecular weight excluding hydrogens is 282 g/mol. The maximum absolute atomic E-state index is 11.0. The molecular formula is C12H9N3O4S. The largest absolute Gasteiger partial charge is 0.478 e. The molecule has 0 spiro atoms. The molecule has 7 nitrogen and oxygen atoms in total. The van der Waals surface area contributed by atoms with Crippen molar-refractivity contribution in [1.82, 2.24) is 9.97 Å². The Morgan fingerprint density at radius 2 is 2.00 bits per heavy atom. The van der Waals surface area contributed by atoms with Crippen molar-refractivity contribution in [2.45, 2.75) is 17.0 Å². The predicted molar refractivity (Wildman–Crippen MR) is 70.9 cm³/mol. The average molecular weight is 291 g/mol. The zero-order chi connectivity index (χ0) is 14.7. The third-order valence-electron chi connectivity index (χ3n) is 2.52. The monoisotopic (exact) mass is 291 g/mol. The predicted octanol–water partition coefficient (Wildman–Crippen LogP) is 2.54. The Balaban J connectivity index is 2.51. The molecule has 1 heterocycles. The first kappa shape index (κ1) is 13.9. The highest BCUT2D eigenvalue weighted by Crippen LogP contribution is 2.33. The fraction of sp³-hybridized carbons (Fsp3) is 0.0833. The number of carbonyl (C=O) groups is 1. The van der Waals surface area contributed by atoms with E-state index in [1.54, 1.807) is 25.4 Å². The molecule has 1 aromatic heterocycles. The van der Waals surface area contributed by atoms with Gasteiger partial charge >= 0.3 is 5.97 Å². The molecule has 0 saturated heterocycles. The number of nitro groups is 1. The molecule has 2 rings (SSSR count). The number of rotatable bonds is 4. The Hall–Kier alpha value is -2.48. The maximum Gasteiger partial charge on any atom is 0.335 e. The molecule has 0 bridgehead atoms. The van der Waals surface area contributed by atoms with Crippen LogP contribution in [-0.4, -0.2) is 26.0 Å². The molecule has 8 heteroatoms. The third kappa shape index (κ3) is 2.91. The summed E-state index contributed by atoms with van der Waals surface area (Å²) >= 11 is 1.09. The summed E-state index contributed by atoms with van der Waals surface area (Å²) in [6.07, 6.45) is 3.08. The van der Waals surface area contributed by atoms with E-state index in [2.05, 4.69) is 9.97 Å². The Kier molecular flexibility index (Phi) is 3.94. The van der Waals surface area contributed by atoms with Crippen LogP contribution < -0.4 is 0 Å². The van der Waals surface area contributed by atoms with Crippen molar-refractivity contribution in [2.24, 2.45) is 0 Å². The van der Waals surface area contributed by atoms with Gasteiger partial charge in [-0.2, -0.15) is 0 Å². The van der Waals surface area contributed by atoms with Gasteiger partial charge in [-0.3, -0.25) is 10.1 Å². The number of hydrogen-bond donors (Lipinski definition) is 1. The van der Waals surface area contributed by atoms with E-state index in [1.807, 2.05) is 0 Å². The van der Waals surface area contributed by atoms with Gasteiger partial charge in [-0.1, -0.05) is 0 Å². The van der Waals surface area contributed by atoms with E-state index >= 15 is 0 Å². The number of nitrogens with zero attached hydrogens (tertiary/aromatic N) is 3. The summed E-state index contributed by atoms with van der Waals surface area (Å²) in [6.45, 7) is 1.56. The molecule has 102 valence electrons. The Morgan fingerprint density at radius 3 is 2.55 bits per heavy atom. The smallest absolute Gasteiger partial charge is 0.335 e. The van der Waals surface area contributed by atoms with E-state index in [9.17, 15) is 14.9 Å². The Morgan fingerprint density at radius 1 is 1.35 bits per heavy atom. The van der Waals surface area contributed by atoms with Gasteiger partial charge in [0.25, 0.3) is 5.69 Å². The molecule has 2 aromatic rings. The second-order valence-corrected chi connectivity index (χ2v) is 4.82. The van der Waals surface area contributed by atoms with E-state index < -0.39 is 10.9 Å². The van der Waals surface area contributed by atoms with Crippen LogP contribution >= 0.6 is 11.8 Å². The van der Waals surface area contributed by atoms with Gasteiger partial charge in [0, 0.05) is 28.9 Å². The summed E-state index contributed by atoms with van der Waals surface area (Å²) in [6, 6.07) is 4.08. The minimum absolute atomic E-state index is 0.138. The van der Waals surface area contributed by atoms with Crippen LogP contribution in [0.2, 0.25) is 0 Å². The number of aromatic carboxylic acids is 1. The topological polar surface area (TPSA) is 106 Å². The van der Waals surface area contributed by atoms with Gasteiger partial charge in [0.2, 0.25) is 0 Å². The molecule has 20 heavy (non-hydrogen) atoms. The molecule has 0 aliphatic heterocycles. The van der Waals surface area contributed by atoms with E-state index in [0.29, 0.717) is 15.6 Å². The van der Waals surface area contributed by atoms with Crippen molar-refractivity contribution in [1.29, 1.82) is 0 Å². The molecule has 0 unspecified atom stereocenters. The molecule has 0 amide bonds. The van der Waals surface area contributed by atoms with E-state index in [0.717, 1.165) is 17.8 Å². The fourth-order valence-electron chi connectivity index (χ4n) is 1.53. The zero-order valence-corrected chi connectivity index (χ0v) is 11.1. The van der Waals surface area contributed by atoms with Crippen LogP contribution in [0.1, 0.15) is 15.9 Å². The Bertz CT molecular complexity index is 676. The van der Waals surface area contributed by atoms with Gasteiger partial charge in [-0.25, -0.2) is 14.8 Å². The highest BCUT2D eigenvalue weighted by atomic mass is 32.2. The second kappa shape index (κ2) is 5.66. The van der Waals surface area contributed by atoms with E-state index in [1.165, 1.54) is 6.07 Å². The normalized spacial score (nSPS) is 10.2. The SMILES string of the molecule is Cc1c(Sc2ncccn2)cc(C(=O)O)cc1[N+](=O)[O-]. The van der Waals surface area contributed by atoms with Gasteiger partial charge in [-0.05, 0) is 30.8 Å². The molecule has 0 aliphatic rings. The molecule has 0 aliphatic carbocycles. The quantitative estimate of drug-likeness (QED) is 0.524. The molecule has 0 radical (unpaired) electrons. The van der Waals surface area contributed by atoms with Gasteiger partial charge in [0.1, 0.15) is 0 Å². The molecule has 0 fully saturated rings. The number of carboxylic acid groups (broad SMARTS) is 1. The lowest BCUT2D eigenvalue weighted by atomic mass is 10.1. The summed E-state index contributed by atoms with van der Waals surface area (Å²) in [5, 5.41) is 20.4. The first-order valence-corrected chi connectivity index (χ1v) is 6.28. The van der Waals surface area contributed by atoms with Crippen molar-refractivity contribution in [3.63, 3.8) is 0 Å². The van der Waals surface area contributed by atoms with Gasteiger partial charge in [0.05, 0.1) is 10.5 Å². The number of carboxylic acids is 1.